The number of allylic oxidation sites excluding steroid dienone is 2. The molecule has 9 heavy (non-hydrogen) atoms. The van der Waals surface area contributed by atoms with E-state index in [2.05, 4.69) is 6.08 Å². The molecule has 1 unspecified atom stereocenters. The lowest BCUT2D eigenvalue weighted by Gasteiger charge is -1.95. The highest BCUT2D eigenvalue weighted by Crippen LogP contribution is 2.20. The van der Waals surface area contributed by atoms with E-state index in [0.717, 1.165) is 18.6 Å². The van der Waals surface area contributed by atoms with Gasteiger partial charge >= 0.3 is 0 Å². The van der Waals surface area contributed by atoms with Crippen LogP contribution in [0.2, 0.25) is 0 Å². The lowest BCUT2D eigenvalue weighted by atomic mass is 10.4. The molecule has 0 fully saturated rings. The summed E-state index contributed by atoms with van der Waals surface area (Å²) in [5, 5.41) is 0. The second-order valence-electron chi connectivity index (χ2n) is 2.20. The molecule has 2 heteroatoms. The molecular formula is C7H12OS. The quantitative estimate of drug-likeness (QED) is 0.577. The molecule has 0 bridgehead atoms. The maximum absolute atomic E-state index is 11.1. The van der Waals surface area contributed by atoms with Crippen molar-refractivity contribution >= 4 is 10.8 Å². The summed E-state index contributed by atoms with van der Waals surface area (Å²) in [6.45, 7) is 1.97. The number of hydrogen-bond donors (Lipinski definition) is 0. The van der Waals surface area contributed by atoms with Crippen LogP contribution in [0.15, 0.2) is 11.0 Å². The lowest BCUT2D eigenvalue weighted by Crippen LogP contribution is -1.93. The molecular weight excluding hydrogens is 132 g/mol. The van der Waals surface area contributed by atoms with Gasteiger partial charge in [0.1, 0.15) is 0 Å². The topological polar surface area (TPSA) is 17.1 Å². The summed E-state index contributed by atoms with van der Waals surface area (Å²) < 4.78 is 11.1. The van der Waals surface area contributed by atoms with Crippen molar-refractivity contribution in [1.29, 1.82) is 0 Å². The molecule has 0 aromatic rings. The molecule has 0 spiro atoms. The minimum absolute atomic E-state index is 0.641. The molecule has 1 atom stereocenters. The maximum atomic E-state index is 11.1. The summed E-state index contributed by atoms with van der Waals surface area (Å²) in [7, 11) is -0.641. The summed E-state index contributed by atoms with van der Waals surface area (Å²) in [6.07, 6.45) is 5.54. The Morgan fingerprint density at radius 1 is 1.78 bits per heavy atom. The molecule has 0 heterocycles. The van der Waals surface area contributed by atoms with E-state index < -0.39 is 10.8 Å². The molecule has 0 aliphatic heterocycles. The Morgan fingerprint density at radius 2 is 2.56 bits per heavy atom. The van der Waals surface area contributed by atoms with Crippen molar-refractivity contribution in [3.63, 3.8) is 0 Å². The Balaban J connectivity index is 2.51. The van der Waals surface area contributed by atoms with E-state index in [1.54, 1.807) is 0 Å². The highest BCUT2D eigenvalue weighted by Gasteiger charge is 2.08. The van der Waals surface area contributed by atoms with Crippen molar-refractivity contribution in [1.82, 2.24) is 0 Å². The van der Waals surface area contributed by atoms with E-state index in [1.807, 2.05) is 6.92 Å². The van der Waals surface area contributed by atoms with Gasteiger partial charge in [0.2, 0.25) is 0 Å². The van der Waals surface area contributed by atoms with Crippen LogP contribution in [0, 0.1) is 0 Å². The van der Waals surface area contributed by atoms with Crippen LogP contribution in [0.4, 0.5) is 0 Å². The van der Waals surface area contributed by atoms with Crippen LogP contribution < -0.4 is 0 Å². The SMILES string of the molecule is CCS(=O)C1=CCCC1. The average Bonchev–Trinajstić information content (AvgIpc) is 2.37. The standard InChI is InChI=1S/C7H12OS/c1-2-9(8)7-5-3-4-6-7/h5H,2-4,6H2,1H3. The van der Waals surface area contributed by atoms with Gasteiger partial charge in [-0.25, -0.2) is 0 Å². The second kappa shape index (κ2) is 3.16. The van der Waals surface area contributed by atoms with E-state index in [9.17, 15) is 4.21 Å². The van der Waals surface area contributed by atoms with Crippen LogP contribution in [-0.2, 0) is 10.8 Å². The first-order valence-electron chi connectivity index (χ1n) is 3.42. The smallest absolute Gasteiger partial charge is 0.0482 e. The molecule has 0 saturated heterocycles. The third kappa shape index (κ3) is 1.65. The van der Waals surface area contributed by atoms with Gasteiger partial charge < -0.3 is 0 Å². The Bertz CT molecular complexity index is 149. The summed E-state index contributed by atoms with van der Waals surface area (Å²) in [6, 6.07) is 0. The van der Waals surface area contributed by atoms with Crippen molar-refractivity contribution in [2.45, 2.75) is 26.2 Å². The van der Waals surface area contributed by atoms with Crippen LogP contribution in [-0.4, -0.2) is 9.96 Å². The fourth-order valence-electron chi connectivity index (χ4n) is 1.03. The molecule has 1 aliphatic rings. The molecule has 1 nitrogen and oxygen atoms in total. The normalized spacial score (nSPS) is 21.7. The van der Waals surface area contributed by atoms with Crippen LogP contribution in [0.5, 0.6) is 0 Å². The van der Waals surface area contributed by atoms with Gasteiger partial charge in [0.15, 0.2) is 0 Å². The summed E-state index contributed by atoms with van der Waals surface area (Å²) in [4.78, 5) is 1.18. The first kappa shape index (κ1) is 7.00. The molecule has 1 rings (SSSR count). The minimum atomic E-state index is -0.641. The lowest BCUT2D eigenvalue weighted by molar-refractivity contribution is 0.686. The first-order chi connectivity index (χ1) is 4.34. The minimum Gasteiger partial charge on any atom is -0.255 e. The Morgan fingerprint density at radius 3 is 3.00 bits per heavy atom. The largest absolute Gasteiger partial charge is 0.255 e. The molecule has 0 amide bonds. The zero-order valence-corrected chi connectivity index (χ0v) is 6.54. The van der Waals surface area contributed by atoms with Crippen molar-refractivity contribution in [2.75, 3.05) is 5.75 Å². The van der Waals surface area contributed by atoms with Gasteiger partial charge in [-0.1, -0.05) is 13.0 Å². The van der Waals surface area contributed by atoms with Gasteiger partial charge in [-0.3, -0.25) is 4.21 Å². The Kier molecular flexibility index (Phi) is 2.46. The van der Waals surface area contributed by atoms with Gasteiger partial charge in [0, 0.05) is 21.5 Å². The van der Waals surface area contributed by atoms with Crippen LogP contribution in [0.25, 0.3) is 0 Å². The third-order valence-corrected chi connectivity index (χ3v) is 3.03. The van der Waals surface area contributed by atoms with Crippen LogP contribution >= 0.6 is 0 Å². The van der Waals surface area contributed by atoms with Crippen LogP contribution in [0.3, 0.4) is 0 Å². The van der Waals surface area contributed by atoms with E-state index in [1.165, 1.54) is 11.3 Å². The van der Waals surface area contributed by atoms with E-state index in [0.29, 0.717) is 0 Å². The van der Waals surface area contributed by atoms with Gasteiger partial charge in [0.05, 0.1) is 0 Å². The molecule has 0 saturated carbocycles. The second-order valence-corrected chi connectivity index (χ2v) is 3.99. The third-order valence-electron chi connectivity index (χ3n) is 1.55. The maximum Gasteiger partial charge on any atom is 0.0482 e. The van der Waals surface area contributed by atoms with Crippen LogP contribution in [0.1, 0.15) is 26.2 Å². The fraction of sp³-hybridized carbons (Fsp3) is 0.714. The van der Waals surface area contributed by atoms with E-state index >= 15 is 0 Å². The van der Waals surface area contributed by atoms with E-state index in [4.69, 9.17) is 0 Å². The molecule has 1 aliphatic carbocycles. The highest BCUT2D eigenvalue weighted by atomic mass is 32.2. The van der Waals surface area contributed by atoms with Crippen molar-refractivity contribution in [3.05, 3.63) is 11.0 Å². The van der Waals surface area contributed by atoms with Gasteiger partial charge in [0.25, 0.3) is 0 Å². The molecule has 0 radical (unpaired) electrons. The Labute approximate surface area is 58.6 Å². The summed E-state index contributed by atoms with van der Waals surface area (Å²) in [5.74, 6) is 0.784. The monoisotopic (exact) mass is 144 g/mol. The molecule has 0 aromatic carbocycles. The van der Waals surface area contributed by atoms with Crippen molar-refractivity contribution in [2.24, 2.45) is 0 Å². The summed E-state index contributed by atoms with van der Waals surface area (Å²) >= 11 is 0. The zero-order valence-electron chi connectivity index (χ0n) is 5.72. The predicted octanol–water partition coefficient (Wildman–Crippen LogP) is 1.82. The average molecular weight is 144 g/mol. The molecule has 0 N–H and O–H groups in total. The number of hydrogen-bond acceptors (Lipinski definition) is 1. The highest BCUT2D eigenvalue weighted by molar-refractivity contribution is 7.88. The summed E-state index contributed by atoms with van der Waals surface area (Å²) in [5.41, 5.74) is 0. The van der Waals surface area contributed by atoms with Crippen molar-refractivity contribution < 1.29 is 4.21 Å². The first-order valence-corrected chi connectivity index (χ1v) is 4.74. The van der Waals surface area contributed by atoms with Gasteiger partial charge in [-0.2, -0.15) is 0 Å². The fourth-order valence-corrected chi connectivity index (χ4v) is 2.08. The molecule has 52 valence electrons. The molecule has 0 aromatic heterocycles. The zero-order chi connectivity index (χ0) is 6.69. The van der Waals surface area contributed by atoms with Gasteiger partial charge in [-0.05, 0) is 19.3 Å². The van der Waals surface area contributed by atoms with Gasteiger partial charge in [-0.15, -0.1) is 0 Å². The number of rotatable bonds is 2. The predicted molar refractivity (Wildman–Crippen MR) is 40.6 cm³/mol. The Hall–Kier alpha value is -0.110. The van der Waals surface area contributed by atoms with E-state index in [-0.39, 0.29) is 0 Å². The van der Waals surface area contributed by atoms with Crippen molar-refractivity contribution in [3.8, 4) is 0 Å².